The molecule has 0 saturated heterocycles. The van der Waals surface area contributed by atoms with E-state index in [0.717, 1.165) is 26.2 Å². The molecule has 1 N–H and O–H groups in total. The highest BCUT2D eigenvalue weighted by Gasteiger charge is 2.33. The van der Waals surface area contributed by atoms with Crippen LogP contribution in [-0.2, 0) is 32.6 Å². The van der Waals surface area contributed by atoms with Gasteiger partial charge < -0.3 is 15.0 Å². The molecule has 0 saturated carbocycles. The van der Waals surface area contributed by atoms with Crippen molar-refractivity contribution in [2.24, 2.45) is 0 Å². The van der Waals surface area contributed by atoms with Crippen molar-refractivity contribution in [3.05, 3.63) is 94.5 Å². The molecular formula is C29H34BrN3O5S. The van der Waals surface area contributed by atoms with Crippen molar-refractivity contribution in [1.82, 2.24) is 10.2 Å². The first-order valence-electron chi connectivity index (χ1n) is 12.5. The predicted octanol–water partition coefficient (Wildman–Crippen LogP) is 4.39. The molecule has 2 amide bonds. The summed E-state index contributed by atoms with van der Waals surface area (Å²) in [4.78, 5) is 29.1. The number of hydrogen-bond acceptors (Lipinski definition) is 5. The lowest BCUT2D eigenvalue weighted by molar-refractivity contribution is -0.140. The Bertz CT molecular complexity index is 1370. The number of amides is 2. The summed E-state index contributed by atoms with van der Waals surface area (Å²) < 4.78 is 33.1. The number of hydrogen-bond donors (Lipinski definition) is 1. The standard InChI is InChI=1S/C29H34BrN3O5S/c1-21(2)31-29(35)26(18-22-10-6-5-7-11-22)32(19-23-14-16-24(30)17-15-23)28(34)20-33(39(4,36)37)25-12-8-9-13-27(25)38-3/h5-17,21,26H,18-20H2,1-4H3,(H,31,35). The summed E-state index contributed by atoms with van der Waals surface area (Å²) in [5, 5.41) is 2.93. The first-order chi connectivity index (χ1) is 18.5. The van der Waals surface area contributed by atoms with Crippen molar-refractivity contribution in [2.75, 3.05) is 24.2 Å². The van der Waals surface area contributed by atoms with Gasteiger partial charge in [-0.2, -0.15) is 0 Å². The first-order valence-corrected chi connectivity index (χ1v) is 15.1. The van der Waals surface area contributed by atoms with Crippen molar-refractivity contribution in [1.29, 1.82) is 0 Å². The number of nitrogens with one attached hydrogen (secondary N) is 1. The Labute approximate surface area is 239 Å². The van der Waals surface area contributed by atoms with Crippen LogP contribution in [0.2, 0.25) is 0 Å². The van der Waals surface area contributed by atoms with Crippen molar-refractivity contribution < 1.29 is 22.7 Å². The van der Waals surface area contributed by atoms with Gasteiger partial charge >= 0.3 is 0 Å². The largest absolute Gasteiger partial charge is 0.495 e. The number of methoxy groups -OCH3 is 1. The smallest absolute Gasteiger partial charge is 0.244 e. The number of carbonyl (C=O) groups excluding carboxylic acids is 2. The molecule has 208 valence electrons. The van der Waals surface area contributed by atoms with Crippen LogP contribution >= 0.6 is 15.9 Å². The second-order valence-electron chi connectivity index (χ2n) is 9.46. The molecule has 0 bridgehead atoms. The third-order valence-electron chi connectivity index (χ3n) is 6.00. The van der Waals surface area contributed by atoms with Crippen LogP contribution in [0.3, 0.4) is 0 Å². The normalized spacial score (nSPS) is 12.1. The molecule has 39 heavy (non-hydrogen) atoms. The van der Waals surface area contributed by atoms with Gasteiger partial charge in [0.15, 0.2) is 0 Å². The van der Waals surface area contributed by atoms with E-state index in [-0.39, 0.29) is 30.6 Å². The predicted molar refractivity (Wildman–Crippen MR) is 157 cm³/mol. The lowest BCUT2D eigenvalue weighted by Crippen LogP contribution is -2.54. The number of carbonyl (C=O) groups is 2. The Morgan fingerprint density at radius 2 is 1.54 bits per heavy atom. The van der Waals surface area contributed by atoms with Crippen LogP contribution in [0.4, 0.5) is 5.69 Å². The van der Waals surface area contributed by atoms with E-state index in [9.17, 15) is 18.0 Å². The Kier molecular flexibility index (Phi) is 10.5. The molecule has 0 aliphatic heterocycles. The van der Waals surface area contributed by atoms with E-state index in [0.29, 0.717) is 5.75 Å². The van der Waals surface area contributed by atoms with Crippen LogP contribution in [0.5, 0.6) is 5.75 Å². The number of benzene rings is 3. The number of ether oxygens (including phenoxy) is 1. The summed E-state index contributed by atoms with van der Waals surface area (Å²) in [6.07, 6.45) is 1.30. The topological polar surface area (TPSA) is 96.0 Å². The maximum atomic E-state index is 14.1. The molecular weight excluding hydrogens is 582 g/mol. The number of halogens is 1. The minimum Gasteiger partial charge on any atom is -0.495 e. The van der Waals surface area contributed by atoms with Gasteiger partial charge in [0.2, 0.25) is 21.8 Å². The summed E-state index contributed by atoms with van der Waals surface area (Å²) in [5.41, 5.74) is 1.91. The summed E-state index contributed by atoms with van der Waals surface area (Å²) in [5.74, 6) is -0.523. The van der Waals surface area contributed by atoms with E-state index >= 15 is 0 Å². The van der Waals surface area contributed by atoms with E-state index in [1.54, 1.807) is 24.3 Å². The molecule has 0 heterocycles. The SMILES string of the molecule is COc1ccccc1N(CC(=O)N(Cc1ccc(Br)cc1)C(Cc1ccccc1)C(=O)NC(C)C)S(C)(=O)=O. The molecule has 3 aromatic rings. The van der Waals surface area contributed by atoms with Crippen molar-refractivity contribution in [3.8, 4) is 5.75 Å². The summed E-state index contributed by atoms with van der Waals surface area (Å²) in [6.45, 7) is 3.31. The van der Waals surface area contributed by atoms with Crippen LogP contribution in [0, 0.1) is 0 Å². The highest BCUT2D eigenvalue weighted by Crippen LogP contribution is 2.30. The fraction of sp³-hybridized carbons (Fsp3) is 0.310. The third kappa shape index (κ3) is 8.56. The fourth-order valence-corrected chi connectivity index (χ4v) is 5.27. The van der Waals surface area contributed by atoms with Crippen molar-refractivity contribution >= 4 is 43.5 Å². The van der Waals surface area contributed by atoms with Crippen LogP contribution in [0.25, 0.3) is 0 Å². The van der Waals surface area contributed by atoms with Gasteiger partial charge in [-0.25, -0.2) is 8.42 Å². The molecule has 10 heteroatoms. The zero-order chi connectivity index (χ0) is 28.6. The average molecular weight is 617 g/mol. The third-order valence-corrected chi connectivity index (χ3v) is 7.66. The number of rotatable bonds is 12. The molecule has 1 unspecified atom stereocenters. The lowest BCUT2D eigenvalue weighted by Gasteiger charge is -2.34. The zero-order valence-corrected chi connectivity index (χ0v) is 24.9. The van der Waals surface area contributed by atoms with E-state index in [4.69, 9.17) is 4.74 Å². The second-order valence-corrected chi connectivity index (χ2v) is 12.3. The minimum atomic E-state index is -3.88. The second kappa shape index (κ2) is 13.6. The average Bonchev–Trinajstić information content (AvgIpc) is 2.89. The van der Waals surface area contributed by atoms with E-state index in [1.807, 2.05) is 68.4 Å². The molecule has 0 aliphatic rings. The Morgan fingerprint density at radius 1 is 0.923 bits per heavy atom. The highest BCUT2D eigenvalue weighted by molar-refractivity contribution is 9.10. The minimum absolute atomic E-state index is 0.110. The van der Waals surface area contributed by atoms with Crippen molar-refractivity contribution in [2.45, 2.75) is 38.9 Å². The van der Waals surface area contributed by atoms with E-state index in [2.05, 4.69) is 21.2 Å². The zero-order valence-electron chi connectivity index (χ0n) is 22.5. The molecule has 0 fully saturated rings. The number of nitrogens with zero attached hydrogens (tertiary/aromatic N) is 2. The monoisotopic (exact) mass is 615 g/mol. The van der Waals surface area contributed by atoms with Gasteiger partial charge in [0.25, 0.3) is 0 Å². The van der Waals surface area contributed by atoms with Crippen LogP contribution < -0.4 is 14.4 Å². The molecule has 0 radical (unpaired) electrons. The van der Waals surface area contributed by atoms with Crippen LogP contribution in [0.1, 0.15) is 25.0 Å². The Balaban J connectivity index is 2.07. The first kappa shape index (κ1) is 30.2. The molecule has 3 rings (SSSR count). The van der Waals surface area contributed by atoms with Gasteiger partial charge in [0, 0.05) is 23.5 Å². The Morgan fingerprint density at radius 3 is 2.13 bits per heavy atom. The molecule has 8 nitrogen and oxygen atoms in total. The number of sulfonamides is 1. The van der Waals surface area contributed by atoms with Gasteiger partial charge in [-0.05, 0) is 49.2 Å². The van der Waals surface area contributed by atoms with Crippen molar-refractivity contribution in [3.63, 3.8) is 0 Å². The Hall–Kier alpha value is -3.37. The summed E-state index contributed by atoms with van der Waals surface area (Å²) in [7, 11) is -2.44. The molecule has 1 atom stereocenters. The summed E-state index contributed by atoms with van der Waals surface area (Å²) in [6, 6.07) is 22.4. The maximum absolute atomic E-state index is 14.1. The molecule has 0 spiro atoms. The fourth-order valence-electron chi connectivity index (χ4n) is 4.15. The lowest BCUT2D eigenvalue weighted by atomic mass is 10.0. The number of para-hydroxylation sites is 2. The highest BCUT2D eigenvalue weighted by atomic mass is 79.9. The van der Waals surface area contributed by atoms with Gasteiger partial charge in [-0.3, -0.25) is 13.9 Å². The van der Waals surface area contributed by atoms with Gasteiger partial charge in [-0.15, -0.1) is 0 Å². The van der Waals surface area contributed by atoms with E-state index in [1.165, 1.54) is 12.0 Å². The van der Waals surface area contributed by atoms with Crippen LogP contribution in [-0.4, -0.2) is 57.1 Å². The quantitative estimate of drug-likeness (QED) is 0.326. The van der Waals surface area contributed by atoms with E-state index < -0.39 is 28.5 Å². The number of anilines is 1. The van der Waals surface area contributed by atoms with Gasteiger partial charge in [0.05, 0.1) is 19.1 Å². The molecule has 0 aliphatic carbocycles. The maximum Gasteiger partial charge on any atom is 0.244 e. The van der Waals surface area contributed by atoms with Crippen LogP contribution in [0.15, 0.2) is 83.3 Å². The summed E-state index contributed by atoms with van der Waals surface area (Å²) >= 11 is 3.43. The van der Waals surface area contributed by atoms with Gasteiger partial charge in [-0.1, -0.05) is 70.5 Å². The van der Waals surface area contributed by atoms with Gasteiger partial charge in [0.1, 0.15) is 18.3 Å². The molecule has 3 aromatic carbocycles. The molecule has 0 aromatic heterocycles.